The Morgan fingerprint density at radius 3 is 2.50 bits per heavy atom. The third kappa shape index (κ3) is 3.84. The van der Waals surface area contributed by atoms with Crippen LogP contribution in [-0.2, 0) is 24.0 Å². The predicted molar refractivity (Wildman–Crippen MR) is 23.5 cm³/mol. The molecule has 0 aliphatic carbocycles. The Labute approximate surface area is 39.0 Å². The summed E-state index contributed by atoms with van der Waals surface area (Å²) in [6.07, 6.45) is 0. The van der Waals surface area contributed by atoms with Gasteiger partial charge in [-0.25, -0.2) is 0 Å². The van der Waals surface area contributed by atoms with Crippen molar-refractivity contribution in [2.45, 2.75) is 0 Å². The quantitative estimate of drug-likeness (QED) is 0.209. The molecule has 0 atom stereocenters. The lowest BCUT2D eigenvalue weighted by Crippen LogP contribution is -1.60. The summed E-state index contributed by atoms with van der Waals surface area (Å²) in [5, 5.41) is 0. The zero-order chi connectivity index (χ0) is 4.99. The van der Waals surface area contributed by atoms with Crippen LogP contribution >= 0.6 is 0 Å². The van der Waals surface area contributed by atoms with Gasteiger partial charge in [0.05, 0.1) is 0 Å². The van der Waals surface area contributed by atoms with Crippen LogP contribution in [0.2, 0.25) is 0 Å². The van der Waals surface area contributed by atoms with Crippen molar-refractivity contribution in [2.75, 3.05) is 0 Å². The van der Waals surface area contributed by atoms with Crippen LogP contribution in [0.25, 0.3) is 5.53 Å². The van der Waals surface area contributed by atoms with Gasteiger partial charge in [0.2, 0.25) is 0 Å². The fourth-order valence-corrected chi connectivity index (χ4v) is 0.257. The highest BCUT2D eigenvalue weighted by atomic mass is 32.8. The van der Waals surface area contributed by atoms with Crippen molar-refractivity contribution >= 4 is 19.8 Å². The van der Waals surface area contributed by atoms with Gasteiger partial charge in [-0.05, 0) is 9.64 Å². The van der Waals surface area contributed by atoms with Crippen molar-refractivity contribution in [3.63, 3.8) is 0 Å². The normalized spacial score (nSPS) is 7.67. The maximum Gasteiger partial charge on any atom is 0.171 e. The van der Waals surface area contributed by atoms with E-state index in [1.807, 2.05) is 0 Å². The molecule has 0 unspecified atom stereocenters. The molecule has 0 aromatic carbocycles. The van der Waals surface area contributed by atoms with Gasteiger partial charge in [0, 0.05) is 0 Å². The zero-order valence-corrected chi connectivity index (χ0v) is 4.20. The summed E-state index contributed by atoms with van der Waals surface area (Å²) in [4.78, 5) is 0. The summed E-state index contributed by atoms with van der Waals surface area (Å²) in [5.74, 6) is 0. The van der Waals surface area contributed by atoms with E-state index in [1.54, 1.807) is 0 Å². The molecule has 6 heteroatoms. The van der Waals surface area contributed by atoms with Crippen LogP contribution in [0.1, 0.15) is 0 Å². The summed E-state index contributed by atoms with van der Waals surface area (Å²) >= 11 is 0. The lowest BCUT2D eigenvalue weighted by Gasteiger charge is -1.64. The minimum atomic E-state index is -2.07. The molecule has 0 saturated heterocycles. The van der Waals surface area contributed by atoms with Gasteiger partial charge in [-0.15, -0.1) is 4.16 Å². The minimum Gasteiger partial charge on any atom is -0.455 e. The molecule has 0 aromatic rings. The highest BCUT2D eigenvalue weighted by Crippen LogP contribution is 1.40. The molecule has 0 bridgehead atoms. The van der Waals surface area contributed by atoms with Gasteiger partial charge in [-0.3, -0.25) is 0 Å². The molecule has 0 spiro atoms. The molecule has 0 aliphatic rings. The van der Waals surface area contributed by atoms with Gasteiger partial charge in [-0.2, -0.15) is 0 Å². The Balaban J connectivity index is 4.63. The maximum atomic E-state index is 9.42. The van der Waals surface area contributed by atoms with Gasteiger partial charge in [0.1, 0.15) is 0 Å². The molecule has 0 aliphatic heterocycles. The number of hydrogen-bond donors (Lipinski definition) is 1. The first-order chi connectivity index (χ1) is 2.77. The number of rotatable bonds is 0. The average Bonchev–Trinajstić information content (AvgIpc) is 1.35. The average molecular weight is 125 g/mol. The Morgan fingerprint density at radius 1 is 2.00 bits per heavy atom. The molecule has 0 heterocycles. The van der Waals surface area contributed by atoms with Gasteiger partial charge in [0.25, 0.3) is 0 Å². The Bertz CT molecular complexity index is 154. The minimum absolute atomic E-state index is 0.194. The summed E-state index contributed by atoms with van der Waals surface area (Å²) in [6.45, 7) is 0. The molecule has 1 N–H and O–H groups in total. The molecule has 0 aromatic heterocycles. The summed E-state index contributed by atoms with van der Waals surface area (Å²) in [7, 11) is -1.87. The lowest BCUT2D eigenvalue weighted by atomic mass is 13.3. The Kier molecular flexibility index (Phi) is 2.97. The highest BCUT2D eigenvalue weighted by molar-refractivity contribution is 8.22. The predicted octanol–water partition coefficient (Wildman–Crippen LogP) is -0.307. The van der Waals surface area contributed by atoms with Crippen LogP contribution in [0.4, 0.5) is 0 Å². The van der Waals surface area contributed by atoms with Crippen LogP contribution in [0.3, 0.4) is 0 Å². The van der Waals surface area contributed by atoms with E-state index in [0.717, 1.165) is 0 Å². The molecular weight excluding hydrogens is 124 g/mol. The molecule has 6 heavy (non-hydrogen) atoms. The van der Waals surface area contributed by atoms with Crippen LogP contribution in [-0.4, -0.2) is 4.55 Å². The third-order valence-electron chi connectivity index (χ3n) is 0.0971. The first-order valence-corrected chi connectivity index (χ1v) is 3.30. The van der Waals surface area contributed by atoms with Crippen LogP contribution < -0.4 is 4.16 Å². The summed E-state index contributed by atoms with van der Waals surface area (Å²) < 4.78 is 19.5. The standard InChI is InChI=1S/HN2O2S2/c1-2-5-6(3)4/h(H,3,4)/q-1. The van der Waals surface area contributed by atoms with Crippen molar-refractivity contribution in [3.8, 4) is 0 Å². The van der Waals surface area contributed by atoms with E-state index in [4.69, 9.17) is 10.1 Å². The zero-order valence-electron chi connectivity index (χ0n) is 2.57. The second kappa shape index (κ2) is 3.05. The molecule has 0 rings (SSSR count). The molecule has 4 nitrogen and oxygen atoms in total. The van der Waals surface area contributed by atoms with E-state index < -0.39 is 9.64 Å². The first-order valence-electron chi connectivity index (χ1n) is 0.898. The fourth-order valence-electron chi connectivity index (χ4n) is 0.0285. The van der Waals surface area contributed by atoms with E-state index in [2.05, 4.69) is 4.16 Å². The van der Waals surface area contributed by atoms with Crippen molar-refractivity contribution in [1.29, 1.82) is 0 Å². The molecule has 0 saturated carbocycles. The van der Waals surface area contributed by atoms with Gasteiger partial charge in [0.15, 0.2) is 10.1 Å². The molecule has 0 fully saturated rings. The number of hydrogen-bond acceptors (Lipinski definition) is 2. The van der Waals surface area contributed by atoms with E-state index in [0.29, 0.717) is 0 Å². The summed E-state index contributed by atoms with van der Waals surface area (Å²) in [5.41, 5.74) is 7.47. The van der Waals surface area contributed by atoms with Crippen LogP contribution in [0, 0.1) is 0 Å². The second-order valence-corrected chi connectivity index (χ2v) is 2.42. The SMILES string of the molecule is [N-]=[N+]=S=[S-](=O)O. The monoisotopic (exact) mass is 125 g/mol. The fraction of sp³-hybridized carbons (Fsp3) is 0. The first kappa shape index (κ1) is 5.84. The Morgan fingerprint density at radius 2 is 2.50 bits per heavy atom. The topological polar surface area (TPSA) is 73.7 Å². The van der Waals surface area contributed by atoms with E-state index in [-0.39, 0.29) is 10.1 Å². The van der Waals surface area contributed by atoms with Crippen molar-refractivity contribution in [2.24, 2.45) is 0 Å². The Hall–Kier alpha value is -0.160. The molecule has 0 amide bonds. The van der Waals surface area contributed by atoms with E-state index in [1.165, 1.54) is 0 Å². The van der Waals surface area contributed by atoms with Gasteiger partial charge < -0.3 is 14.3 Å². The van der Waals surface area contributed by atoms with E-state index in [9.17, 15) is 4.21 Å². The lowest BCUT2D eigenvalue weighted by molar-refractivity contribution is 0.536. The smallest absolute Gasteiger partial charge is 0.171 e. The second-order valence-electron chi connectivity index (χ2n) is 0.373. The van der Waals surface area contributed by atoms with Crippen molar-refractivity contribution < 1.29 is 8.76 Å². The van der Waals surface area contributed by atoms with Gasteiger partial charge in [-0.1, -0.05) is 0 Å². The van der Waals surface area contributed by atoms with E-state index >= 15 is 0 Å². The molecular formula is HN2O2S2-. The molecule has 0 radical (unpaired) electrons. The third-order valence-corrected chi connectivity index (χ3v) is 0.874. The van der Waals surface area contributed by atoms with Gasteiger partial charge >= 0.3 is 0 Å². The largest absolute Gasteiger partial charge is 0.455 e. The van der Waals surface area contributed by atoms with Crippen LogP contribution in [0.5, 0.6) is 0 Å². The highest BCUT2D eigenvalue weighted by Gasteiger charge is 1.40. The summed E-state index contributed by atoms with van der Waals surface area (Å²) in [6, 6.07) is 0. The number of nitrogens with zero attached hydrogens (tertiary/aromatic N) is 2. The van der Waals surface area contributed by atoms with Crippen molar-refractivity contribution in [1.82, 2.24) is 4.16 Å². The van der Waals surface area contributed by atoms with Crippen molar-refractivity contribution in [3.05, 3.63) is 5.53 Å². The van der Waals surface area contributed by atoms with Crippen LogP contribution in [0.15, 0.2) is 0 Å². The maximum absolute atomic E-state index is 9.42. The molecule has 36 valence electrons.